The molecule has 2 rings (SSSR count). The zero-order valence-corrected chi connectivity index (χ0v) is 11.9. The molecular formula is C13H18N2O3S. The first kappa shape index (κ1) is 14.0. The van der Waals surface area contributed by atoms with Crippen molar-refractivity contribution in [3.8, 4) is 0 Å². The summed E-state index contributed by atoms with van der Waals surface area (Å²) in [5, 5.41) is 2.73. The number of benzene rings is 1. The Labute approximate surface area is 113 Å². The van der Waals surface area contributed by atoms with Crippen LogP contribution in [0.5, 0.6) is 0 Å². The summed E-state index contributed by atoms with van der Waals surface area (Å²) in [7, 11) is -3.47. The number of sulfonamides is 1. The van der Waals surface area contributed by atoms with Gasteiger partial charge in [-0.05, 0) is 36.1 Å². The highest BCUT2D eigenvalue weighted by molar-refractivity contribution is 7.89. The van der Waals surface area contributed by atoms with Gasteiger partial charge in [-0.25, -0.2) is 13.1 Å². The average molecular weight is 282 g/mol. The molecule has 104 valence electrons. The minimum absolute atomic E-state index is 0.0268. The van der Waals surface area contributed by atoms with Crippen molar-refractivity contribution in [2.24, 2.45) is 5.92 Å². The maximum absolute atomic E-state index is 12.1. The number of hydrogen-bond acceptors (Lipinski definition) is 3. The van der Waals surface area contributed by atoms with Gasteiger partial charge in [0.25, 0.3) is 0 Å². The first-order valence-corrected chi connectivity index (χ1v) is 7.79. The van der Waals surface area contributed by atoms with Gasteiger partial charge < -0.3 is 5.32 Å². The molecule has 1 aliphatic heterocycles. The Morgan fingerprint density at radius 2 is 2.05 bits per heavy atom. The maximum atomic E-state index is 12.1. The zero-order chi connectivity index (χ0) is 14.0. The highest BCUT2D eigenvalue weighted by Crippen LogP contribution is 2.25. The molecule has 1 heterocycles. The Balaban J connectivity index is 2.24. The number of carbonyl (C=O) groups excluding carboxylic acids is 1. The lowest BCUT2D eigenvalue weighted by atomic mass is 10.0. The third kappa shape index (κ3) is 3.33. The molecule has 0 saturated heterocycles. The summed E-state index contributed by atoms with van der Waals surface area (Å²) in [6.45, 7) is 4.31. The number of anilines is 1. The van der Waals surface area contributed by atoms with Crippen LogP contribution in [-0.4, -0.2) is 20.9 Å². The van der Waals surface area contributed by atoms with E-state index in [-0.39, 0.29) is 16.7 Å². The molecule has 0 aliphatic carbocycles. The number of fused-ring (bicyclic) bond motifs is 1. The van der Waals surface area contributed by atoms with Gasteiger partial charge in [0.1, 0.15) is 0 Å². The third-order valence-corrected chi connectivity index (χ3v) is 4.39. The molecule has 1 aromatic carbocycles. The van der Waals surface area contributed by atoms with Gasteiger partial charge in [0.2, 0.25) is 15.9 Å². The van der Waals surface area contributed by atoms with Crippen molar-refractivity contribution in [2.45, 2.75) is 31.6 Å². The predicted molar refractivity (Wildman–Crippen MR) is 73.4 cm³/mol. The molecular weight excluding hydrogens is 264 g/mol. The van der Waals surface area contributed by atoms with Crippen molar-refractivity contribution in [1.82, 2.24) is 4.72 Å². The summed E-state index contributed by atoms with van der Waals surface area (Å²) >= 11 is 0. The van der Waals surface area contributed by atoms with E-state index in [4.69, 9.17) is 0 Å². The van der Waals surface area contributed by atoms with E-state index >= 15 is 0 Å². The molecule has 1 amide bonds. The molecule has 2 N–H and O–H groups in total. The van der Waals surface area contributed by atoms with Crippen LogP contribution in [0.25, 0.3) is 0 Å². The Hall–Kier alpha value is -1.40. The second-order valence-electron chi connectivity index (χ2n) is 5.11. The smallest absolute Gasteiger partial charge is 0.240 e. The molecule has 1 aromatic rings. The van der Waals surface area contributed by atoms with Crippen LogP contribution in [0.15, 0.2) is 23.1 Å². The van der Waals surface area contributed by atoms with Crippen molar-refractivity contribution in [1.29, 1.82) is 0 Å². The van der Waals surface area contributed by atoms with Gasteiger partial charge in [-0.15, -0.1) is 0 Å². The van der Waals surface area contributed by atoms with E-state index in [0.717, 1.165) is 5.56 Å². The number of amides is 1. The SMILES string of the molecule is CC(C)CNS(=O)(=O)c1ccc2c(c1)CCC(=O)N2. The average Bonchev–Trinajstić information content (AvgIpc) is 2.36. The van der Waals surface area contributed by atoms with E-state index in [2.05, 4.69) is 10.0 Å². The van der Waals surface area contributed by atoms with E-state index in [1.807, 2.05) is 13.8 Å². The molecule has 19 heavy (non-hydrogen) atoms. The highest BCUT2D eigenvalue weighted by atomic mass is 32.2. The van der Waals surface area contributed by atoms with Gasteiger partial charge in [-0.2, -0.15) is 0 Å². The van der Waals surface area contributed by atoms with Crippen LogP contribution >= 0.6 is 0 Å². The number of carbonyl (C=O) groups is 1. The summed E-state index contributed by atoms with van der Waals surface area (Å²) < 4.78 is 26.8. The van der Waals surface area contributed by atoms with Crippen molar-refractivity contribution < 1.29 is 13.2 Å². The minimum atomic E-state index is -3.47. The van der Waals surface area contributed by atoms with E-state index in [9.17, 15) is 13.2 Å². The summed E-state index contributed by atoms with van der Waals surface area (Å²) in [6.07, 6.45) is 0.977. The first-order valence-electron chi connectivity index (χ1n) is 6.31. The summed E-state index contributed by atoms with van der Waals surface area (Å²) in [5.41, 5.74) is 1.58. The lowest BCUT2D eigenvalue weighted by molar-refractivity contribution is -0.116. The van der Waals surface area contributed by atoms with Crippen molar-refractivity contribution >= 4 is 21.6 Å². The summed E-state index contributed by atoms with van der Waals surface area (Å²) in [4.78, 5) is 11.5. The molecule has 0 fully saturated rings. The number of nitrogens with one attached hydrogen (secondary N) is 2. The molecule has 0 bridgehead atoms. The van der Waals surface area contributed by atoms with Gasteiger partial charge in [-0.1, -0.05) is 13.8 Å². The Morgan fingerprint density at radius 1 is 1.32 bits per heavy atom. The van der Waals surface area contributed by atoms with Crippen molar-refractivity contribution in [3.05, 3.63) is 23.8 Å². The second kappa shape index (κ2) is 5.30. The van der Waals surface area contributed by atoms with Crippen LogP contribution in [-0.2, 0) is 21.2 Å². The van der Waals surface area contributed by atoms with Gasteiger partial charge in [-0.3, -0.25) is 4.79 Å². The van der Waals surface area contributed by atoms with Crippen LogP contribution in [0, 0.1) is 5.92 Å². The second-order valence-corrected chi connectivity index (χ2v) is 6.88. The highest BCUT2D eigenvalue weighted by Gasteiger charge is 2.19. The zero-order valence-electron chi connectivity index (χ0n) is 11.1. The quantitative estimate of drug-likeness (QED) is 0.879. The minimum Gasteiger partial charge on any atom is -0.326 e. The fourth-order valence-corrected chi connectivity index (χ4v) is 3.15. The Kier molecular flexibility index (Phi) is 3.91. The number of hydrogen-bond donors (Lipinski definition) is 2. The summed E-state index contributed by atoms with van der Waals surface area (Å²) in [5.74, 6) is 0.229. The predicted octanol–water partition coefficient (Wildman–Crippen LogP) is 1.51. The molecule has 0 unspecified atom stereocenters. The molecule has 0 spiro atoms. The molecule has 0 atom stereocenters. The standard InChI is InChI=1S/C13H18N2O3S/c1-9(2)8-14-19(17,18)11-4-5-12-10(7-11)3-6-13(16)15-12/h4-5,7,9,14H,3,6,8H2,1-2H3,(H,15,16). The topological polar surface area (TPSA) is 75.3 Å². The van der Waals surface area contributed by atoms with Gasteiger partial charge in [0.15, 0.2) is 0 Å². The van der Waals surface area contributed by atoms with Crippen LogP contribution in [0.1, 0.15) is 25.8 Å². The van der Waals surface area contributed by atoms with Gasteiger partial charge in [0, 0.05) is 18.7 Å². The Bertz CT molecular complexity index is 594. The van der Waals surface area contributed by atoms with Crippen molar-refractivity contribution in [2.75, 3.05) is 11.9 Å². The molecule has 1 aliphatic rings. The van der Waals surface area contributed by atoms with Gasteiger partial charge in [0.05, 0.1) is 4.90 Å². The lowest BCUT2D eigenvalue weighted by Gasteiger charge is -2.18. The van der Waals surface area contributed by atoms with E-state index < -0.39 is 10.0 Å². The maximum Gasteiger partial charge on any atom is 0.240 e. The third-order valence-electron chi connectivity index (χ3n) is 2.96. The van der Waals surface area contributed by atoms with Crippen LogP contribution < -0.4 is 10.0 Å². The van der Waals surface area contributed by atoms with Crippen LogP contribution in [0.2, 0.25) is 0 Å². The fourth-order valence-electron chi connectivity index (χ4n) is 1.89. The van der Waals surface area contributed by atoms with Gasteiger partial charge >= 0.3 is 0 Å². The first-order chi connectivity index (χ1) is 8.88. The largest absolute Gasteiger partial charge is 0.326 e. The number of aryl methyl sites for hydroxylation is 1. The fraction of sp³-hybridized carbons (Fsp3) is 0.462. The van der Waals surface area contributed by atoms with E-state index in [1.54, 1.807) is 12.1 Å². The monoisotopic (exact) mass is 282 g/mol. The van der Waals surface area contributed by atoms with Crippen LogP contribution in [0.3, 0.4) is 0 Å². The molecule has 6 heteroatoms. The normalized spacial score (nSPS) is 15.2. The molecule has 0 radical (unpaired) electrons. The Morgan fingerprint density at radius 3 is 2.74 bits per heavy atom. The van der Waals surface area contributed by atoms with Crippen molar-refractivity contribution in [3.63, 3.8) is 0 Å². The number of rotatable bonds is 4. The molecule has 0 aromatic heterocycles. The molecule has 0 saturated carbocycles. The molecule has 5 nitrogen and oxygen atoms in total. The van der Waals surface area contributed by atoms with E-state index in [1.165, 1.54) is 6.07 Å². The van der Waals surface area contributed by atoms with E-state index in [0.29, 0.717) is 25.1 Å². The lowest BCUT2D eigenvalue weighted by Crippen LogP contribution is -2.28. The summed E-state index contributed by atoms with van der Waals surface area (Å²) in [6, 6.07) is 4.81. The van der Waals surface area contributed by atoms with Crippen LogP contribution in [0.4, 0.5) is 5.69 Å².